The molecule has 0 aromatic carbocycles. The van der Waals surface area contributed by atoms with Crippen molar-refractivity contribution in [1.82, 2.24) is 0 Å². The summed E-state index contributed by atoms with van der Waals surface area (Å²) in [5, 5.41) is 38.7. The average molecular weight is 370 g/mol. The molecule has 0 aliphatic carbocycles. The fourth-order valence-corrected chi connectivity index (χ4v) is 2.98. The quantitative estimate of drug-likeness (QED) is 0.293. The van der Waals surface area contributed by atoms with Crippen molar-refractivity contribution < 1.29 is 30.0 Å². The molecule has 6 heteroatoms. The number of aliphatic hydroxyl groups is 3. The van der Waals surface area contributed by atoms with Crippen molar-refractivity contribution in [3.63, 3.8) is 0 Å². The highest BCUT2D eigenvalue weighted by Gasteiger charge is 2.36. The molecule has 0 amide bonds. The average Bonchev–Trinajstić information content (AvgIpc) is 2.97. The molecular weight excluding hydrogens is 336 g/mol. The molecule has 26 heavy (non-hydrogen) atoms. The minimum absolute atomic E-state index is 0.151. The normalized spacial score (nSPS) is 25.9. The monoisotopic (exact) mass is 370 g/mol. The van der Waals surface area contributed by atoms with E-state index in [1.54, 1.807) is 12.2 Å². The zero-order chi connectivity index (χ0) is 19.4. The maximum Gasteiger partial charge on any atom is 0.303 e. The fraction of sp³-hybridized carbons (Fsp3) is 0.750. The minimum Gasteiger partial charge on any atom is -0.481 e. The Hall–Kier alpha value is -1.21. The summed E-state index contributed by atoms with van der Waals surface area (Å²) >= 11 is 0. The van der Waals surface area contributed by atoms with Crippen LogP contribution in [0.5, 0.6) is 0 Å². The summed E-state index contributed by atoms with van der Waals surface area (Å²) in [6, 6.07) is 0. The third kappa shape index (κ3) is 9.48. The summed E-state index contributed by atoms with van der Waals surface area (Å²) in [4.78, 5) is 10.4. The molecule has 0 aromatic rings. The molecule has 5 atom stereocenters. The lowest BCUT2D eigenvalue weighted by Crippen LogP contribution is -2.24. The smallest absolute Gasteiger partial charge is 0.303 e. The number of hydrogen-bond donors (Lipinski definition) is 4. The molecule has 150 valence electrons. The van der Waals surface area contributed by atoms with Crippen LogP contribution < -0.4 is 0 Å². The zero-order valence-corrected chi connectivity index (χ0v) is 15.7. The molecule has 1 aliphatic heterocycles. The third-order valence-corrected chi connectivity index (χ3v) is 4.56. The van der Waals surface area contributed by atoms with Gasteiger partial charge in [-0.15, -0.1) is 0 Å². The Morgan fingerprint density at radius 1 is 1.19 bits per heavy atom. The van der Waals surface area contributed by atoms with Crippen LogP contribution in [0.15, 0.2) is 24.3 Å². The molecule has 4 N–H and O–H groups in total. The topological polar surface area (TPSA) is 107 Å². The molecule has 0 spiro atoms. The first-order valence-electron chi connectivity index (χ1n) is 9.68. The maximum absolute atomic E-state index is 10.4. The van der Waals surface area contributed by atoms with Gasteiger partial charge in [-0.05, 0) is 25.7 Å². The van der Waals surface area contributed by atoms with Crippen LogP contribution in [0.4, 0.5) is 0 Å². The lowest BCUT2D eigenvalue weighted by Gasteiger charge is -2.16. The number of carboxylic acid groups (broad SMARTS) is 1. The summed E-state index contributed by atoms with van der Waals surface area (Å²) < 4.78 is 5.73. The van der Waals surface area contributed by atoms with Crippen molar-refractivity contribution in [2.75, 3.05) is 0 Å². The second-order valence-corrected chi connectivity index (χ2v) is 6.95. The summed E-state index contributed by atoms with van der Waals surface area (Å²) in [7, 11) is 0. The van der Waals surface area contributed by atoms with Crippen LogP contribution in [0.2, 0.25) is 0 Å². The number of unbranched alkanes of at least 4 members (excludes halogenated alkanes) is 3. The third-order valence-electron chi connectivity index (χ3n) is 4.56. The molecule has 6 nitrogen and oxygen atoms in total. The predicted octanol–water partition coefficient (Wildman–Crippen LogP) is 2.56. The summed E-state index contributed by atoms with van der Waals surface area (Å²) in [5.74, 6) is -0.798. The number of carboxylic acids is 1. The molecule has 1 rings (SSSR count). The van der Waals surface area contributed by atoms with E-state index >= 15 is 0 Å². The maximum atomic E-state index is 10.4. The van der Waals surface area contributed by atoms with E-state index in [2.05, 4.69) is 6.92 Å². The number of allylic oxidation sites excluding steroid dienone is 1. The second-order valence-electron chi connectivity index (χ2n) is 6.95. The summed E-state index contributed by atoms with van der Waals surface area (Å²) in [5.41, 5.74) is 0. The van der Waals surface area contributed by atoms with Gasteiger partial charge in [0, 0.05) is 12.8 Å². The van der Waals surface area contributed by atoms with E-state index in [-0.39, 0.29) is 12.5 Å². The standard InChI is InChI=1S/C20H34O6/c1-2-3-6-9-15(21)12-13-16(22)19-14-17(23)18(26-19)10-7-4-5-8-11-20(24)25/h4,7,12-13,15-19,21-23H,2-3,5-6,8-11,14H2,1H3,(H,24,25)/b7-4-,13-12+/t15-,16-,17+,18+,19+/m1/s1. The minimum atomic E-state index is -0.852. The van der Waals surface area contributed by atoms with E-state index in [0.717, 1.165) is 19.3 Å². The van der Waals surface area contributed by atoms with Crippen LogP contribution in [0.1, 0.15) is 64.7 Å². The molecule has 0 radical (unpaired) electrons. The van der Waals surface area contributed by atoms with Gasteiger partial charge in [-0.2, -0.15) is 0 Å². The van der Waals surface area contributed by atoms with Crippen molar-refractivity contribution in [2.45, 2.75) is 95.2 Å². The van der Waals surface area contributed by atoms with Gasteiger partial charge in [0.2, 0.25) is 0 Å². The van der Waals surface area contributed by atoms with Crippen molar-refractivity contribution in [3.05, 3.63) is 24.3 Å². The van der Waals surface area contributed by atoms with E-state index in [4.69, 9.17) is 9.84 Å². The van der Waals surface area contributed by atoms with Gasteiger partial charge in [-0.1, -0.05) is 50.5 Å². The first-order chi connectivity index (χ1) is 12.4. The summed E-state index contributed by atoms with van der Waals surface area (Å²) in [6.07, 6.45) is 10.2. The molecule has 0 unspecified atom stereocenters. The number of ether oxygens (including phenoxy) is 1. The SMILES string of the molecule is CCCCC[C@@H](O)/C=C/[C@@H](O)[C@@H]1C[C@H](O)[C@H](C/C=C\CCCC(=O)O)O1. The van der Waals surface area contributed by atoms with Gasteiger partial charge >= 0.3 is 5.97 Å². The van der Waals surface area contributed by atoms with Gasteiger partial charge in [-0.3, -0.25) is 4.79 Å². The van der Waals surface area contributed by atoms with Gasteiger partial charge in [0.05, 0.1) is 30.5 Å². The van der Waals surface area contributed by atoms with E-state index in [1.807, 2.05) is 12.2 Å². The van der Waals surface area contributed by atoms with Gasteiger partial charge in [-0.25, -0.2) is 0 Å². The molecule has 1 saturated heterocycles. The Kier molecular flexibility index (Phi) is 11.4. The number of rotatable bonds is 13. The molecule has 1 fully saturated rings. The van der Waals surface area contributed by atoms with E-state index in [0.29, 0.717) is 32.1 Å². The second kappa shape index (κ2) is 13.0. The fourth-order valence-electron chi connectivity index (χ4n) is 2.98. The number of hydrogen-bond acceptors (Lipinski definition) is 5. The van der Waals surface area contributed by atoms with Gasteiger partial charge in [0.25, 0.3) is 0 Å². The number of aliphatic hydroxyl groups excluding tert-OH is 3. The summed E-state index contributed by atoms with van der Waals surface area (Å²) in [6.45, 7) is 2.11. The number of aliphatic carboxylic acids is 1. The highest BCUT2D eigenvalue weighted by Crippen LogP contribution is 2.26. The molecule has 0 saturated carbocycles. The Bertz CT molecular complexity index is 448. The highest BCUT2D eigenvalue weighted by atomic mass is 16.5. The molecule has 1 heterocycles. The Balaban J connectivity index is 2.30. The van der Waals surface area contributed by atoms with Crippen LogP contribution in [0.3, 0.4) is 0 Å². The van der Waals surface area contributed by atoms with Crippen molar-refractivity contribution in [1.29, 1.82) is 0 Å². The Morgan fingerprint density at radius 2 is 1.96 bits per heavy atom. The van der Waals surface area contributed by atoms with Gasteiger partial charge < -0.3 is 25.2 Å². The number of carbonyl (C=O) groups is 1. The van der Waals surface area contributed by atoms with Gasteiger partial charge in [0.1, 0.15) is 0 Å². The molecule has 1 aliphatic rings. The van der Waals surface area contributed by atoms with E-state index in [1.165, 1.54) is 0 Å². The van der Waals surface area contributed by atoms with Crippen molar-refractivity contribution >= 4 is 5.97 Å². The highest BCUT2D eigenvalue weighted by molar-refractivity contribution is 5.66. The van der Waals surface area contributed by atoms with Crippen molar-refractivity contribution in [2.24, 2.45) is 0 Å². The van der Waals surface area contributed by atoms with Crippen molar-refractivity contribution in [3.8, 4) is 0 Å². The molecular formula is C20H34O6. The lowest BCUT2D eigenvalue weighted by molar-refractivity contribution is -0.137. The van der Waals surface area contributed by atoms with Crippen LogP contribution in [-0.2, 0) is 9.53 Å². The van der Waals surface area contributed by atoms with E-state index < -0.39 is 30.4 Å². The lowest BCUT2D eigenvalue weighted by atomic mass is 10.0. The Labute approximate surface area is 156 Å². The van der Waals surface area contributed by atoms with Gasteiger partial charge in [0.15, 0.2) is 0 Å². The van der Waals surface area contributed by atoms with E-state index in [9.17, 15) is 20.1 Å². The van der Waals surface area contributed by atoms with Crippen LogP contribution in [-0.4, -0.2) is 56.9 Å². The molecule has 0 bridgehead atoms. The Morgan fingerprint density at radius 3 is 2.65 bits per heavy atom. The predicted molar refractivity (Wildman–Crippen MR) is 99.8 cm³/mol. The first kappa shape index (κ1) is 22.8. The zero-order valence-electron chi connectivity index (χ0n) is 15.7. The van der Waals surface area contributed by atoms with Crippen LogP contribution in [0, 0.1) is 0 Å². The van der Waals surface area contributed by atoms with Crippen LogP contribution in [0.25, 0.3) is 0 Å². The largest absolute Gasteiger partial charge is 0.481 e. The van der Waals surface area contributed by atoms with Crippen LogP contribution >= 0.6 is 0 Å². The molecule has 0 aromatic heterocycles. The first-order valence-corrected chi connectivity index (χ1v) is 9.68.